The quantitative estimate of drug-likeness (QED) is 0.506. The molecule has 1 heterocycles. The zero-order chi connectivity index (χ0) is 22.6. The number of carbonyl (C=O) groups is 1. The van der Waals surface area contributed by atoms with E-state index in [2.05, 4.69) is 22.4 Å². The lowest BCUT2D eigenvalue weighted by molar-refractivity contribution is -0.165. The van der Waals surface area contributed by atoms with Crippen LogP contribution in [0.25, 0.3) is 10.9 Å². The summed E-state index contributed by atoms with van der Waals surface area (Å²) in [5.41, 5.74) is 2.76. The van der Waals surface area contributed by atoms with E-state index in [0.29, 0.717) is 19.5 Å². The molecule has 0 radical (unpaired) electrons. The van der Waals surface area contributed by atoms with Gasteiger partial charge in [0.1, 0.15) is 11.4 Å². The molecule has 0 bridgehead atoms. The van der Waals surface area contributed by atoms with Crippen molar-refractivity contribution in [3.8, 4) is 0 Å². The highest BCUT2D eigenvalue weighted by molar-refractivity contribution is 5.81. The molecule has 164 valence electrons. The van der Waals surface area contributed by atoms with Gasteiger partial charge in [0.2, 0.25) is 0 Å². The minimum Gasteiger partial charge on any atom is -0.460 e. The number of pyridine rings is 1. The van der Waals surface area contributed by atoms with Crippen molar-refractivity contribution in [2.24, 2.45) is 5.41 Å². The van der Waals surface area contributed by atoms with Gasteiger partial charge in [-0.2, -0.15) is 0 Å². The molecule has 0 aliphatic heterocycles. The maximum Gasteiger partial charge on any atom is 0.312 e. The summed E-state index contributed by atoms with van der Waals surface area (Å²) >= 11 is 0. The third-order valence-electron chi connectivity index (χ3n) is 5.01. The third-order valence-corrected chi connectivity index (χ3v) is 5.01. The highest BCUT2D eigenvalue weighted by Crippen LogP contribution is 2.26. The fourth-order valence-electron chi connectivity index (χ4n) is 3.48. The van der Waals surface area contributed by atoms with Crippen molar-refractivity contribution in [1.82, 2.24) is 10.3 Å². The smallest absolute Gasteiger partial charge is 0.312 e. The summed E-state index contributed by atoms with van der Waals surface area (Å²) in [5, 5.41) is 4.17. The van der Waals surface area contributed by atoms with E-state index in [4.69, 9.17) is 4.74 Å². The van der Waals surface area contributed by atoms with Gasteiger partial charge in [-0.25, -0.2) is 4.39 Å². The summed E-state index contributed by atoms with van der Waals surface area (Å²) in [4.78, 5) is 16.9. The van der Waals surface area contributed by atoms with Gasteiger partial charge < -0.3 is 10.1 Å². The molecule has 0 fully saturated rings. The lowest BCUT2D eigenvalue weighted by Gasteiger charge is -2.28. The van der Waals surface area contributed by atoms with Gasteiger partial charge in [-0.05, 0) is 75.9 Å². The van der Waals surface area contributed by atoms with Gasteiger partial charge in [0, 0.05) is 24.7 Å². The summed E-state index contributed by atoms with van der Waals surface area (Å²) in [6, 6.07) is 14.9. The predicted octanol–water partition coefficient (Wildman–Crippen LogP) is 5.57. The van der Waals surface area contributed by atoms with E-state index in [1.165, 1.54) is 12.1 Å². The zero-order valence-corrected chi connectivity index (χ0v) is 19.0. The molecular formula is C26H31FN2O2. The number of fused-ring (bicyclic) bond motifs is 1. The van der Waals surface area contributed by atoms with Gasteiger partial charge in [0.25, 0.3) is 0 Å². The number of esters is 1. The number of ether oxygens (including phenoxy) is 1. The Morgan fingerprint density at radius 2 is 1.68 bits per heavy atom. The Hall–Kier alpha value is -2.79. The minimum absolute atomic E-state index is 0.193. The van der Waals surface area contributed by atoms with Crippen LogP contribution in [0.2, 0.25) is 0 Å². The molecular weight excluding hydrogens is 391 g/mol. The zero-order valence-electron chi connectivity index (χ0n) is 19.0. The second-order valence-corrected chi connectivity index (χ2v) is 9.62. The SMILES string of the molecule is CC(C)(C)OC(=O)C(C)(C)Cc1ccc(CNCc2cc(F)cc3cccnc23)cc1. The van der Waals surface area contributed by atoms with Crippen LogP contribution in [-0.2, 0) is 29.0 Å². The number of benzene rings is 2. The van der Waals surface area contributed by atoms with Crippen molar-refractivity contribution < 1.29 is 13.9 Å². The first-order valence-electron chi connectivity index (χ1n) is 10.6. The van der Waals surface area contributed by atoms with Gasteiger partial charge in [0.05, 0.1) is 10.9 Å². The number of aromatic nitrogens is 1. The van der Waals surface area contributed by atoms with Crippen LogP contribution in [0.4, 0.5) is 4.39 Å². The summed E-state index contributed by atoms with van der Waals surface area (Å²) in [6.07, 6.45) is 2.33. The third kappa shape index (κ3) is 6.34. The number of hydrogen-bond donors (Lipinski definition) is 1. The number of nitrogens with one attached hydrogen (secondary N) is 1. The fourth-order valence-corrected chi connectivity index (χ4v) is 3.48. The molecule has 4 nitrogen and oxygen atoms in total. The summed E-state index contributed by atoms with van der Waals surface area (Å²) in [5.74, 6) is -0.448. The lowest BCUT2D eigenvalue weighted by Crippen LogP contribution is -2.35. The summed E-state index contributed by atoms with van der Waals surface area (Å²) < 4.78 is 19.4. The molecule has 0 spiro atoms. The van der Waals surface area contributed by atoms with Crippen molar-refractivity contribution >= 4 is 16.9 Å². The van der Waals surface area contributed by atoms with Crippen LogP contribution in [0.5, 0.6) is 0 Å². The number of nitrogens with zero attached hydrogens (tertiary/aromatic N) is 1. The van der Waals surface area contributed by atoms with Gasteiger partial charge in [-0.1, -0.05) is 30.3 Å². The molecule has 0 atom stereocenters. The average molecular weight is 423 g/mol. The number of carbonyl (C=O) groups excluding carboxylic acids is 1. The molecule has 0 amide bonds. The van der Waals surface area contributed by atoms with E-state index in [1.54, 1.807) is 6.20 Å². The fraction of sp³-hybridized carbons (Fsp3) is 0.385. The van der Waals surface area contributed by atoms with Crippen LogP contribution >= 0.6 is 0 Å². The van der Waals surface area contributed by atoms with Crippen LogP contribution in [0.1, 0.15) is 51.3 Å². The standard InChI is InChI=1S/C26H31FN2O2/c1-25(2,3)31-24(30)26(4,5)15-18-8-10-19(11-9-18)16-28-17-21-14-22(27)13-20-7-6-12-29-23(20)21/h6-14,28H,15-17H2,1-5H3. The van der Waals surface area contributed by atoms with Gasteiger partial charge in [-0.3, -0.25) is 9.78 Å². The lowest BCUT2D eigenvalue weighted by atomic mass is 9.85. The molecule has 0 saturated heterocycles. The summed E-state index contributed by atoms with van der Waals surface area (Å²) in [6.45, 7) is 10.6. The predicted molar refractivity (Wildman–Crippen MR) is 122 cm³/mol. The Morgan fingerprint density at radius 3 is 2.35 bits per heavy atom. The number of halogens is 1. The van der Waals surface area contributed by atoms with E-state index in [-0.39, 0.29) is 11.8 Å². The van der Waals surface area contributed by atoms with Crippen LogP contribution in [0, 0.1) is 11.2 Å². The molecule has 0 aliphatic carbocycles. The van der Waals surface area contributed by atoms with Crippen molar-refractivity contribution in [2.45, 2.75) is 59.7 Å². The van der Waals surface area contributed by atoms with Crippen molar-refractivity contribution in [3.05, 3.63) is 77.2 Å². The Kier molecular flexibility index (Phi) is 6.75. The Morgan fingerprint density at radius 1 is 1.00 bits per heavy atom. The maximum atomic E-state index is 13.9. The highest BCUT2D eigenvalue weighted by Gasteiger charge is 2.32. The Labute approximate surface area is 183 Å². The van der Waals surface area contributed by atoms with E-state index < -0.39 is 11.0 Å². The van der Waals surface area contributed by atoms with Crippen LogP contribution in [0.3, 0.4) is 0 Å². The molecule has 0 aliphatic rings. The molecule has 1 aromatic heterocycles. The molecule has 3 aromatic rings. The molecule has 0 saturated carbocycles. The molecule has 0 unspecified atom stereocenters. The largest absolute Gasteiger partial charge is 0.460 e. The molecule has 5 heteroatoms. The first-order chi connectivity index (χ1) is 14.5. The van der Waals surface area contributed by atoms with Crippen LogP contribution in [-0.4, -0.2) is 16.6 Å². The normalized spacial score (nSPS) is 12.2. The van der Waals surface area contributed by atoms with Gasteiger partial charge in [0.15, 0.2) is 0 Å². The molecule has 2 aromatic carbocycles. The van der Waals surface area contributed by atoms with E-state index in [1.807, 2.05) is 58.9 Å². The van der Waals surface area contributed by atoms with Crippen molar-refractivity contribution in [1.29, 1.82) is 0 Å². The number of hydrogen-bond acceptors (Lipinski definition) is 4. The maximum absolute atomic E-state index is 13.9. The second-order valence-electron chi connectivity index (χ2n) is 9.62. The van der Waals surface area contributed by atoms with Crippen LogP contribution < -0.4 is 5.32 Å². The van der Waals surface area contributed by atoms with Gasteiger partial charge in [-0.15, -0.1) is 0 Å². The van der Waals surface area contributed by atoms with Gasteiger partial charge >= 0.3 is 5.97 Å². The van der Waals surface area contributed by atoms with Crippen molar-refractivity contribution in [2.75, 3.05) is 0 Å². The molecule has 3 rings (SSSR count). The average Bonchev–Trinajstić information content (AvgIpc) is 2.67. The Bertz CT molecular complexity index is 1050. The van der Waals surface area contributed by atoms with Crippen LogP contribution in [0.15, 0.2) is 54.7 Å². The molecule has 31 heavy (non-hydrogen) atoms. The molecule has 1 N–H and O–H groups in total. The monoisotopic (exact) mass is 422 g/mol. The van der Waals surface area contributed by atoms with E-state index in [0.717, 1.165) is 27.6 Å². The van der Waals surface area contributed by atoms with E-state index in [9.17, 15) is 9.18 Å². The first-order valence-corrected chi connectivity index (χ1v) is 10.6. The first kappa shape index (κ1) is 22.9. The Balaban J connectivity index is 1.59. The number of rotatable bonds is 7. The topological polar surface area (TPSA) is 51.2 Å². The highest BCUT2D eigenvalue weighted by atomic mass is 19.1. The van der Waals surface area contributed by atoms with E-state index >= 15 is 0 Å². The van der Waals surface area contributed by atoms with Crippen molar-refractivity contribution in [3.63, 3.8) is 0 Å². The second kappa shape index (κ2) is 9.15. The minimum atomic E-state index is -0.599. The summed E-state index contributed by atoms with van der Waals surface area (Å²) in [7, 11) is 0.